The van der Waals surface area contributed by atoms with Crippen LogP contribution < -0.4 is 5.73 Å². The molecule has 0 spiro atoms. The third-order valence-corrected chi connectivity index (χ3v) is 4.78. The van der Waals surface area contributed by atoms with E-state index >= 15 is 0 Å². The number of nitrogens with zero attached hydrogens (tertiary/aromatic N) is 2. The van der Waals surface area contributed by atoms with Crippen molar-refractivity contribution in [1.29, 1.82) is 0 Å². The summed E-state index contributed by atoms with van der Waals surface area (Å²) < 4.78 is 0. The van der Waals surface area contributed by atoms with Crippen LogP contribution in [0.5, 0.6) is 0 Å². The summed E-state index contributed by atoms with van der Waals surface area (Å²) in [4.78, 5) is 19.9. The number of thiazole rings is 1. The van der Waals surface area contributed by atoms with E-state index in [-0.39, 0.29) is 17.4 Å². The normalized spacial score (nSPS) is 21.9. The number of aromatic nitrogens is 1. The van der Waals surface area contributed by atoms with Crippen LogP contribution in [-0.2, 0) is 5.41 Å². The molecular weight excluding hydrogens is 270 g/mol. The van der Waals surface area contributed by atoms with Gasteiger partial charge in [0, 0.05) is 24.5 Å². The molecule has 0 unspecified atom stereocenters. The molecular formula is C15H25N3OS. The summed E-state index contributed by atoms with van der Waals surface area (Å²) in [5.41, 5.74) is 8.59. The maximum atomic E-state index is 12.8. The second-order valence-corrected chi connectivity index (χ2v) is 7.65. The Balaban J connectivity index is 2.18. The predicted octanol–water partition coefficient (Wildman–Crippen LogP) is 2.64. The van der Waals surface area contributed by atoms with Crippen LogP contribution in [-0.4, -0.2) is 34.9 Å². The average molecular weight is 295 g/mol. The molecule has 0 aliphatic carbocycles. The van der Waals surface area contributed by atoms with E-state index in [2.05, 4.69) is 25.8 Å². The van der Waals surface area contributed by atoms with E-state index in [1.807, 2.05) is 11.8 Å². The van der Waals surface area contributed by atoms with Crippen LogP contribution in [0, 0.1) is 5.92 Å². The number of hydrogen-bond donors (Lipinski definition) is 1. The van der Waals surface area contributed by atoms with Crippen molar-refractivity contribution in [1.82, 2.24) is 9.88 Å². The third-order valence-electron chi connectivity index (χ3n) is 3.96. The first-order valence-corrected chi connectivity index (χ1v) is 8.17. The van der Waals surface area contributed by atoms with Crippen molar-refractivity contribution in [2.75, 3.05) is 13.1 Å². The van der Waals surface area contributed by atoms with Crippen LogP contribution in [0.1, 0.15) is 55.9 Å². The number of likely N-dealkylation sites (tertiary alicyclic amines) is 1. The Morgan fingerprint density at radius 3 is 2.85 bits per heavy atom. The number of carbonyl (C=O) groups excluding carboxylic acids is 1. The van der Waals surface area contributed by atoms with Crippen molar-refractivity contribution in [2.24, 2.45) is 11.7 Å². The van der Waals surface area contributed by atoms with Gasteiger partial charge in [0.25, 0.3) is 5.91 Å². The monoisotopic (exact) mass is 295 g/mol. The minimum absolute atomic E-state index is 0.0959. The molecule has 1 aliphatic rings. The molecule has 2 heterocycles. The van der Waals surface area contributed by atoms with Crippen LogP contribution in [0.25, 0.3) is 0 Å². The van der Waals surface area contributed by atoms with E-state index in [1.165, 1.54) is 11.3 Å². The first kappa shape index (κ1) is 15.4. The Hall–Kier alpha value is -0.940. The first-order valence-electron chi connectivity index (χ1n) is 7.29. The lowest BCUT2D eigenvalue weighted by Gasteiger charge is -2.34. The van der Waals surface area contributed by atoms with E-state index in [9.17, 15) is 4.79 Å². The smallest absolute Gasteiger partial charge is 0.265 e. The Bertz CT molecular complexity index is 476. The molecule has 0 aromatic carbocycles. The van der Waals surface area contributed by atoms with E-state index in [0.717, 1.165) is 36.5 Å². The maximum Gasteiger partial charge on any atom is 0.265 e. The van der Waals surface area contributed by atoms with Gasteiger partial charge in [-0.05, 0) is 25.7 Å². The fourth-order valence-corrected chi connectivity index (χ4v) is 3.66. The third kappa shape index (κ3) is 3.20. The van der Waals surface area contributed by atoms with Crippen LogP contribution in [0.2, 0.25) is 0 Å². The highest BCUT2D eigenvalue weighted by Gasteiger charge is 2.31. The average Bonchev–Trinajstić information content (AvgIpc) is 2.87. The van der Waals surface area contributed by atoms with Crippen molar-refractivity contribution in [3.05, 3.63) is 16.1 Å². The summed E-state index contributed by atoms with van der Waals surface area (Å²) in [6, 6.07) is 0.147. The lowest BCUT2D eigenvalue weighted by Crippen LogP contribution is -2.45. The predicted molar refractivity (Wildman–Crippen MR) is 83.1 cm³/mol. The van der Waals surface area contributed by atoms with Gasteiger partial charge in [0.1, 0.15) is 4.88 Å². The van der Waals surface area contributed by atoms with Crippen molar-refractivity contribution in [3.63, 3.8) is 0 Å². The number of nitrogens with two attached hydrogens (primary N) is 1. The van der Waals surface area contributed by atoms with Gasteiger partial charge in [-0.25, -0.2) is 4.98 Å². The summed E-state index contributed by atoms with van der Waals surface area (Å²) in [5, 5.41) is 0. The lowest BCUT2D eigenvalue weighted by molar-refractivity contribution is 0.0663. The number of amides is 1. The fourth-order valence-electron chi connectivity index (χ4n) is 2.70. The number of carbonyl (C=O) groups is 1. The topological polar surface area (TPSA) is 59.2 Å². The zero-order chi connectivity index (χ0) is 14.9. The molecule has 1 amide bonds. The lowest BCUT2D eigenvalue weighted by atomic mass is 9.90. The molecule has 5 heteroatoms. The summed E-state index contributed by atoms with van der Waals surface area (Å²) in [6.07, 6.45) is 2.16. The summed E-state index contributed by atoms with van der Waals surface area (Å²) in [6.45, 7) is 9.94. The molecule has 1 saturated heterocycles. The minimum atomic E-state index is -0.0959. The highest BCUT2D eigenvalue weighted by atomic mass is 32.1. The number of hydrogen-bond acceptors (Lipinski definition) is 4. The van der Waals surface area contributed by atoms with Crippen LogP contribution in [0.3, 0.4) is 0 Å². The SMILES string of the molecule is C[C@@H](N)[C@H]1CCCN(C(=O)c2scnc2C(C)(C)C)C1. The van der Waals surface area contributed by atoms with Crippen LogP contribution in [0.15, 0.2) is 5.51 Å². The molecule has 1 aliphatic heterocycles. The van der Waals surface area contributed by atoms with Crippen LogP contribution in [0.4, 0.5) is 0 Å². The zero-order valence-electron chi connectivity index (χ0n) is 12.8. The molecule has 0 radical (unpaired) electrons. The quantitative estimate of drug-likeness (QED) is 0.912. The maximum absolute atomic E-state index is 12.8. The molecule has 2 N–H and O–H groups in total. The highest BCUT2D eigenvalue weighted by Crippen LogP contribution is 2.29. The van der Waals surface area contributed by atoms with Crippen LogP contribution >= 0.6 is 11.3 Å². The van der Waals surface area contributed by atoms with Gasteiger partial charge in [0.2, 0.25) is 0 Å². The highest BCUT2D eigenvalue weighted by molar-refractivity contribution is 7.11. The summed E-state index contributed by atoms with van der Waals surface area (Å²) in [5.74, 6) is 0.543. The number of piperidine rings is 1. The van der Waals surface area contributed by atoms with E-state index in [1.54, 1.807) is 5.51 Å². The Morgan fingerprint density at radius 1 is 1.55 bits per heavy atom. The fraction of sp³-hybridized carbons (Fsp3) is 0.733. The molecule has 0 saturated carbocycles. The first-order chi connectivity index (χ1) is 9.30. The van der Waals surface area contributed by atoms with E-state index < -0.39 is 0 Å². The van der Waals surface area contributed by atoms with Crippen molar-refractivity contribution < 1.29 is 4.79 Å². The molecule has 0 bridgehead atoms. The van der Waals surface area contributed by atoms with Gasteiger partial charge in [-0.1, -0.05) is 20.8 Å². The van der Waals surface area contributed by atoms with Gasteiger partial charge in [-0.15, -0.1) is 11.3 Å². The van der Waals surface area contributed by atoms with Gasteiger partial charge in [0.15, 0.2) is 0 Å². The summed E-state index contributed by atoms with van der Waals surface area (Å²) in [7, 11) is 0. The molecule has 4 nitrogen and oxygen atoms in total. The summed E-state index contributed by atoms with van der Waals surface area (Å²) >= 11 is 1.45. The molecule has 1 aromatic heterocycles. The molecule has 112 valence electrons. The molecule has 20 heavy (non-hydrogen) atoms. The number of rotatable bonds is 2. The van der Waals surface area contributed by atoms with E-state index in [4.69, 9.17) is 5.73 Å². The second-order valence-electron chi connectivity index (χ2n) is 6.79. The van der Waals surface area contributed by atoms with Gasteiger partial charge in [-0.3, -0.25) is 4.79 Å². The molecule has 1 fully saturated rings. The Labute approximate surface area is 125 Å². The largest absolute Gasteiger partial charge is 0.338 e. The minimum Gasteiger partial charge on any atom is -0.338 e. The van der Waals surface area contributed by atoms with Gasteiger partial charge >= 0.3 is 0 Å². The zero-order valence-corrected chi connectivity index (χ0v) is 13.7. The van der Waals surface area contributed by atoms with Crippen molar-refractivity contribution in [3.8, 4) is 0 Å². The van der Waals surface area contributed by atoms with Gasteiger partial charge in [-0.2, -0.15) is 0 Å². The van der Waals surface area contributed by atoms with Crippen molar-refractivity contribution >= 4 is 17.2 Å². The molecule has 2 rings (SSSR count). The van der Waals surface area contributed by atoms with Gasteiger partial charge < -0.3 is 10.6 Å². The molecule has 1 aromatic rings. The van der Waals surface area contributed by atoms with Gasteiger partial charge in [0.05, 0.1) is 11.2 Å². The standard InChI is InChI=1S/C15H25N3OS/c1-10(16)11-6-5-7-18(8-11)14(19)12-13(15(2,3)4)17-9-20-12/h9-11H,5-8,16H2,1-4H3/t10-,11+/m1/s1. The van der Waals surface area contributed by atoms with E-state index in [0.29, 0.717) is 5.92 Å². The Morgan fingerprint density at radius 2 is 2.25 bits per heavy atom. The molecule has 2 atom stereocenters. The second kappa shape index (κ2) is 5.82. The van der Waals surface area contributed by atoms with Crippen molar-refractivity contribution in [2.45, 2.75) is 52.0 Å². The Kier molecular flexibility index (Phi) is 4.49.